The summed E-state index contributed by atoms with van der Waals surface area (Å²) >= 11 is 0. The van der Waals surface area contributed by atoms with Crippen LogP contribution in [0.25, 0.3) is 0 Å². The Morgan fingerprint density at radius 1 is 1.07 bits per heavy atom. The summed E-state index contributed by atoms with van der Waals surface area (Å²) in [5, 5.41) is 8.18. The molecule has 0 radical (unpaired) electrons. The summed E-state index contributed by atoms with van der Waals surface area (Å²) in [6.45, 7) is 2.37. The number of carbonyl (C=O) groups excluding carboxylic acids is 1. The predicted molar refractivity (Wildman–Crippen MR) is 52.0 cm³/mol. The number of aliphatic carboxylic acids is 1. The number of esters is 1. The second kappa shape index (κ2) is 8.53. The number of carboxylic acid groups (broad SMARTS) is 1. The summed E-state index contributed by atoms with van der Waals surface area (Å²) in [6, 6.07) is 0. The summed E-state index contributed by atoms with van der Waals surface area (Å²) in [4.78, 5) is 20.5. The molecule has 82 valence electrons. The second-order valence-corrected chi connectivity index (χ2v) is 3.21. The Kier molecular flexibility index (Phi) is 7.89. The minimum absolute atomic E-state index is 0.220. The van der Waals surface area contributed by atoms with Gasteiger partial charge in [0.25, 0.3) is 0 Å². The predicted octanol–water partition coefficient (Wildman–Crippen LogP) is 1.97. The zero-order valence-electron chi connectivity index (χ0n) is 8.62. The number of ether oxygens (including phenoxy) is 1. The average molecular weight is 202 g/mol. The monoisotopic (exact) mass is 202 g/mol. The number of carbonyl (C=O) groups is 2. The first kappa shape index (κ1) is 12.9. The quantitative estimate of drug-likeness (QED) is 0.389. The van der Waals surface area contributed by atoms with Gasteiger partial charge in [-0.05, 0) is 6.42 Å². The Morgan fingerprint density at radius 2 is 1.64 bits per heavy atom. The van der Waals surface area contributed by atoms with Crippen LogP contribution in [0.4, 0.5) is 0 Å². The molecule has 0 amide bonds. The van der Waals surface area contributed by atoms with E-state index in [2.05, 4.69) is 11.7 Å². The topological polar surface area (TPSA) is 63.6 Å². The van der Waals surface area contributed by atoms with Gasteiger partial charge in [0, 0.05) is 0 Å². The van der Waals surface area contributed by atoms with Crippen molar-refractivity contribution in [3.63, 3.8) is 0 Å². The molecule has 1 N–H and O–H groups in total. The Bertz CT molecular complexity index is 177. The average Bonchev–Trinajstić information content (AvgIpc) is 2.16. The zero-order chi connectivity index (χ0) is 10.8. The van der Waals surface area contributed by atoms with Gasteiger partial charge in [0.1, 0.15) is 0 Å². The highest BCUT2D eigenvalue weighted by Gasteiger charge is 2.11. The molecule has 0 aromatic rings. The molecule has 0 atom stereocenters. The highest BCUT2D eigenvalue weighted by molar-refractivity contribution is 6.28. The van der Waals surface area contributed by atoms with Crippen LogP contribution >= 0.6 is 0 Å². The van der Waals surface area contributed by atoms with E-state index in [4.69, 9.17) is 5.11 Å². The van der Waals surface area contributed by atoms with E-state index >= 15 is 0 Å². The van der Waals surface area contributed by atoms with E-state index in [0.717, 1.165) is 19.3 Å². The lowest BCUT2D eigenvalue weighted by Gasteiger charge is -2.01. The van der Waals surface area contributed by atoms with Crippen molar-refractivity contribution < 1.29 is 19.4 Å². The van der Waals surface area contributed by atoms with Gasteiger partial charge in [-0.1, -0.05) is 39.0 Å². The first-order chi connectivity index (χ1) is 6.68. The van der Waals surface area contributed by atoms with Crippen molar-refractivity contribution in [3.05, 3.63) is 0 Å². The molecule has 0 aliphatic heterocycles. The van der Waals surface area contributed by atoms with Crippen molar-refractivity contribution in [1.29, 1.82) is 0 Å². The van der Waals surface area contributed by atoms with E-state index in [9.17, 15) is 9.59 Å². The third-order valence-corrected chi connectivity index (χ3v) is 1.91. The molecule has 0 spiro atoms. The van der Waals surface area contributed by atoms with Gasteiger partial charge in [0.2, 0.25) is 0 Å². The summed E-state index contributed by atoms with van der Waals surface area (Å²) < 4.78 is 4.47. The summed E-state index contributed by atoms with van der Waals surface area (Å²) in [5.41, 5.74) is 0. The second-order valence-electron chi connectivity index (χ2n) is 3.21. The van der Waals surface area contributed by atoms with Crippen molar-refractivity contribution in [1.82, 2.24) is 0 Å². The lowest BCUT2D eigenvalue weighted by molar-refractivity contribution is -0.163. The molecule has 0 heterocycles. The van der Waals surface area contributed by atoms with Crippen molar-refractivity contribution in [2.24, 2.45) is 0 Å². The maximum absolute atomic E-state index is 10.5. The van der Waals surface area contributed by atoms with Crippen LogP contribution in [-0.4, -0.2) is 23.7 Å². The molecule has 0 saturated carbocycles. The Labute approximate surface area is 84.3 Å². The number of unbranched alkanes of at least 4 members (excludes halogenated alkanes) is 5. The molecule has 0 aromatic carbocycles. The molecular formula is C10H18O4. The fraction of sp³-hybridized carbons (Fsp3) is 0.800. The van der Waals surface area contributed by atoms with Gasteiger partial charge in [-0.15, -0.1) is 0 Å². The molecule has 0 aliphatic rings. The first-order valence-corrected chi connectivity index (χ1v) is 5.08. The lowest BCUT2D eigenvalue weighted by atomic mass is 10.1. The minimum atomic E-state index is -1.52. The zero-order valence-corrected chi connectivity index (χ0v) is 8.62. The molecular weight excluding hydrogens is 184 g/mol. The molecule has 0 rings (SSSR count). The standard InChI is InChI=1S/C10H18O4/c1-2-3-4-5-6-7-8-14-10(13)9(11)12/h2-8H2,1H3,(H,11,12). The van der Waals surface area contributed by atoms with E-state index in [1.54, 1.807) is 0 Å². The number of carboxylic acids is 1. The van der Waals surface area contributed by atoms with Crippen LogP contribution in [0.3, 0.4) is 0 Å². The van der Waals surface area contributed by atoms with Gasteiger partial charge in [-0.25, -0.2) is 9.59 Å². The fourth-order valence-corrected chi connectivity index (χ4v) is 1.11. The van der Waals surface area contributed by atoms with Crippen LogP contribution in [0.1, 0.15) is 45.4 Å². The maximum atomic E-state index is 10.5. The van der Waals surface area contributed by atoms with Crippen LogP contribution in [0.15, 0.2) is 0 Å². The molecule has 0 fully saturated rings. The number of hydrogen-bond donors (Lipinski definition) is 1. The highest BCUT2D eigenvalue weighted by atomic mass is 16.6. The van der Waals surface area contributed by atoms with Crippen molar-refractivity contribution in [2.45, 2.75) is 45.4 Å². The van der Waals surface area contributed by atoms with Gasteiger partial charge in [-0.3, -0.25) is 0 Å². The largest absolute Gasteiger partial charge is 0.473 e. The minimum Gasteiger partial charge on any atom is -0.473 e. The molecule has 0 aromatic heterocycles. The van der Waals surface area contributed by atoms with Gasteiger partial charge in [0.05, 0.1) is 6.61 Å². The Morgan fingerprint density at radius 3 is 2.21 bits per heavy atom. The molecule has 0 unspecified atom stereocenters. The van der Waals surface area contributed by atoms with Gasteiger partial charge in [0.15, 0.2) is 0 Å². The summed E-state index contributed by atoms with van der Waals surface area (Å²) in [7, 11) is 0. The molecule has 0 saturated heterocycles. The third-order valence-electron chi connectivity index (χ3n) is 1.91. The van der Waals surface area contributed by atoms with Crippen LogP contribution in [0.5, 0.6) is 0 Å². The van der Waals surface area contributed by atoms with E-state index in [0.29, 0.717) is 0 Å². The van der Waals surface area contributed by atoms with E-state index < -0.39 is 11.9 Å². The Hall–Kier alpha value is -1.06. The van der Waals surface area contributed by atoms with Crippen LogP contribution in [-0.2, 0) is 14.3 Å². The molecule has 4 nitrogen and oxygen atoms in total. The van der Waals surface area contributed by atoms with Crippen molar-refractivity contribution >= 4 is 11.9 Å². The van der Waals surface area contributed by atoms with Crippen LogP contribution < -0.4 is 0 Å². The maximum Gasteiger partial charge on any atom is 0.417 e. The van der Waals surface area contributed by atoms with Crippen LogP contribution in [0, 0.1) is 0 Å². The third kappa shape index (κ3) is 7.58. The van der Waals surface area contributed by atoms with Crippen molar-refractivity contribution in [3.8, 4) is 0 Å². The van der Waals surface area contributed by atoms with Gasteiger partial charge >= 0.3 is 11.9 Å². The molecule has 4 heteroatoms. The first-order valence-electron chi connectivity index (χ1n) is 5.08. The van der Waals surface area contributed by atoms with E-state index in [1.165, 1.54) is 19.3 Å². The molecule has 0 aliphatic carbocycles. The van der Waals surface area contributed by atoms with E-state index in [1.807, 2.05) is 0 Å². The summed E-state index contributed by atoms with van der Waals surface area (Å²) in [6.07, 6.45) is 6.50. The van der Waals surface area contributed by atoms with Gasteiger partial charge in [-0.2, -0.15) is 0 Å². The lowest BCUT2D eigenvalue weighted by Crippen LogP contribution is -2.16. The van der Waals surface area contributed by atoms with Gasteiger partial charge < -0.3 is 9.84 Å². The van der Waals surface area contributed by atoms with E-state index in [-0.39, 0.29) is 6.61 Å². The SMILES string of the molecule is CCCCCCCCOC(=O)C(=O)O. The smallest absolute Gasteiger partial charge is 0.417 e. The fourth-order valence-electron chi connectivity index (χ4n) is 1.11. The molecule has 14 heavy (non-hydrogen) atoms. The summed E-state index contributed by atoms with van der Waals surface area (Å²) in [5.74, 6) is -2.67. The van der Waals surface area contributed by atoms with Crippen molar-refractivity contribution in [2.75, 3.05) is 6.61 Å². The number of hydrogen-bond acceptors (Lipinski definition) is 3. The normalized spacial score (nSPS) is 9.79. The highest BCUT2D eigenvalue weighted by Crippen LogP contribution is 2.04. The number of rotatable bonds is 7. The Balaban J connectivity index is 3.13. The van der Waals surface area contributed by atoms with Crippen LogP contribution in [0.2, 0.25) is 0 Å². The molecule has 0 bridgehead atoms.